The monoisotopic (exact) mass is 394 g/mol. The van der Waals surface area contributed by atoms with Crippen molar-refractivity contribution in [3.05, 3.63) is 54.8 Å². The van der Waals surface area contributed by atoms with Gasteiger partial charge in [-0.1, -0.05) is 11.6 Å². The van der Waals surface area contributed by atoms with E-state index < -0.39 is 17.2 Å². The molecule has 0 aliphatic rings. The van der Waals surface area contributed by atoms with E-state index in [1.165, 1.54) is 18.3 Å². The first-order valence-corrected chi connectivity index (χ1v) is 8.49. The maximum atomic E-state index is 11.9. The van der Waals surface area contributed by atoms with Crippen molar-refractivity contribution in [3.8, 4) is 11.5 Å². The lowest BCUT2D eigenvalue weighted by Gasteiger charge is -2.08. The highest BCUT2D eigenvalue weighted by Gasteiger charge is 2.10. The number of halogens is 1. The van der Waals surface area contributed by atoms with Crippen molar-refractivity contribution in [2.24, 2.45) is 5.10 Å². The number of amides is 1. The molecule has 0 unspecified atom stereocenters. The fourth-order valence-electron chi connectivity index (χ4n) is 2.33. The molecular formula is C17H19ClN4O5. The number of nitrogens with one attached hydrogen (secondary N) is 3. The topological polar surface area (TPSA) is 137 Å². The lowest BCUT2D eigenvalue weighted by molar-refractivity contribution is -0.121. The maximum absolute atomic E-state index is 11.9. The molecule has 0 bridgehead atoms. The van der Waals surface area contributed by atoms with Crippen LogP contribution in [0.2, 0.25) is 5.02 Å². The van der Waals surface area contributed by atoms with Crippen LogP contribution in [0.3, 0.4) is 0 Å². The molecule has 144 valence electrons. The molecule has 0 fully saturated rings. The highest BCUT2D eigenvalue weighted by Crippen LogP contribution is 2.34. The molecular weight excluding hydrogens is 376 g/mol. The van der Waals surface area contributed by atoms with Crippen LogP contribution < -0.4 is 21.4 Å². The van der Waals surface area contributed by atoms with Crippen molar-refractivity contribution < 1.29 is 14.6 Å². The van der Waals surface area contributed by atoms with Crippen molar-refractivity contribution in [1.82, 2.24) is 15.4 Å². The second-order valence-corrected chi connectivity index (χ2v) is 5.99. The number of ether oxygens (including phenoxy) is 1. The van der Waals surface area contributed by atoms with Crippen molar-refractivity contribution in [3.63, 3.8) is 0 Å². The number of aromatic amines is 2. The van der Waals surface area contributed by atoms with E-state index in [0.717, 1.165) is 0 Å². The fraction of sp³-hybridized carbons (Fsp3) is 0.294. The SMILES string of the molecule is CCOc1cc(/C=N/NC(=O)CCc2c(C)[nH]c(=O)[nH]c2=O)cc(Cl)c1O. The summed E-state index contributed by atoms with van der Waals surface area (Å²) in [4.78, 5) is 39.4. The van der Waals surface area contributed by atoms with E-state index in [-0.39, 0.29) is 29.4 Å². The van der Waals surface area contributed by atoms with Gasteiger partial charge in [-0.15, -0.1) is 0 Å². The number of aromatic hydroxyl groups is 1. The smallest absolute Gasteiger partial charge is 0.325 e. The van der Waals surface area contributed by atoms with Gasteiger partial charge in [-0.25, -0.2) is 10.2 Å². The summed E-state index contributed by atoms with van der Waals surface area (Å²) in [6.07, 6.45) is 1.51. The quantitative estimate of drug-likeness (QED) is 0.413. The van der Waals surface area contributed by atoms with E-state index in [1.54, 1.807) is 13.8 Å². The average molecular weight is 395 g/mol. The summed E-state index contributed by atoms with van der Waals surface area (Å²) in [6.45, 7) is 3.71. The molecule has 0 radical (unpaired) electrons. The van der Waals surface area contributed by atoms with Crippen LogP contribution >= 0.6 is 11.6 Å². The molecule has 0 aliphatic heterocycles. The highest BCUT2D eigenvalue weighted by molar-refractivity contribution is 6.32. The van der Waals surface area contributed by atoms with Crippen molar-refractivity contribution in [2.75, 3.05) is 6.61 Å². The molecule has 9 nitrogen and oxygen atoms in total. The number of carbonyl (C=O) groups is 1. The summed E-state index contributed by atoms with van der Waals surface area (Å²) in [5.74, 6) is -0.363. The number of rotatable bonds is 7. The number of phenolic OH excluding ortho intramolecular Hbond substituents is 1. The first kappa shape index (κ1) is 20.2. The number of phenols is 1. The third kappa shape index (κ3) is 5.45. The Morgan fingerprint density at radius 1 is 1.37 bits per heavy atom. The molecule has 0 spiro atoms. The molecule has 0 atom stereocenters. The standard InChI is InChI=1S/C17H19ClN4O5/c1-3-27-13-7-10(6-12(18)15(13)24)8-19-22-14(23)5-4-11-9(2)20-17(26)21-16(11)25/h6-8,24H,3-5H2,1-2H3,(H,22,23)(H2,20,21,25,26)/b19-8+. The van der Waals surface area contributed by atoms with Gasteiger partial charge in [0.15, 0.2) is 11.5 Å². The summed E-state index contributed by atoms with van der Waals surface area (Å²) in [6, 6.07) is 3.00. The van der Waals surface area contributed by atoms with Crippen LogP contribution in [-0.4, -0.2) is 33.8 Å². The first-order chi connectivity index (χ1) is 12.8. The van der Waals surface area contributed by atoms with Crippen molar-refractivity contribution in [2.45, 2.75) is 26.7 Å². The van der Waals surface area contributed by atoms with Gasteiger partial charge in [0.05, 0.1) is 17.8 Å². The number of hydrogen-bond donors (Lipinski definition) is 4. The van der Waals surface area contributed by atoms with Crippen LogP contribution in [0.15, 0.2) is 26.8 Å². The first-order valence-electron chi connectivity index (χ1n) is 8.11. The van der Waals surface area contributed by atoms with Gasteiger partial charge in [0.2, 0.25) is 5.91 Å². The van der Waals surface area contributed by atoms with Gasteiger partial charge in [-0.2, -0.15) is 5.10 Å². The van der Waals surface area contributed by atoms with Crippen LogP contribution in [0, 0.1) is 6.92 Å². The predicted molar refractivity (Wildman–Crippen MR) is 101 cm³/mol. The number of hydrogen-bond acceptors (Lipinski definition) is 6. The average Bonchev–Trinajstić information content (AvgIpc) is 2.58. The van der Waals surface area contributed by atoms with Gasteiger partial charge in [0, 0.05) is 17.7 Å². The zero-order chi connectivity index (χ0) is 20.0. The molecule has 0 saturated heterocycles. The van der Waals surface area contributed by atoms with Gasteiger partial charge in [0.25, 0.3) is 5.56 Å². The lowest BCUT2D eigenvalue weighted by atomic mass is 10.1. The number of aromatic nitrogens is 2. The molecule has 0 aliphatic carbocycles. The molecule has 10 heteroatoms. The summed E-state index contributed by atoms with van der Waals surface area (Å²) >= 11 is 5.92. The molecule has 4 N–H and O–H groups in total. The molecule has 1 heterocycles. The molecule has 27 heavy (non-hydrogen) atoms. The Kier molecular flexibility index (Phi) is 6.78. The fourth-order valence-corrected chi connectivity index (χ4v) is 2.55. The minimum atomic E-state index is -0.589. The van der Waals surface area contributed by atoms with Crippen LogP contribution in [0.1, 0.15) is 30.2 Å². The second kappa shape index (κ2) is 9.04. The van der Waals surface area contributed by atoms with Crippen LogP contribution in [0.5, 0.6) is 11.5 Å². The molecule has 1 aromatic heterocycles. The predicted octanol–water partition coefficient (Wildman–Crippen LogP) is 1.21. The molecule has 2 rings (SSSR count). The highest BCUT2D eigenvalue weighted by atomic mass is 35.5. The Morgan fingerprint density at radius 2 is 2.11 bits per heavy atom. The van der Waals surface area contributed by atoms with E-state index >= 15 is 0 Å². The maximum Gasteiger partial charge on any atom is 0.325 e. The summed E-state index contributed by atoms with van der Waals surface area (Å²) < 4.78 is 5.26. The number of benzene rings is 1. The number of hydrazone groups is 1. The zero-order valence-corrected chi connectivity index (χ0v) is 15.5. The minimum Gasteiger partial charge on any atom is -0.503 e. The van der Waals surface area contributed by atoms with E-state index in [2.05, 4.69) is 20.5 Å². The van der Waals surface area contributed by atoms with Crippen molar-refractivity contribution >= 4 is 23.7 Å². The van der Waals surface area contributed by atoms with E-state index in [1.807, 2.05) is 0 Å². The molecule has 2 aromatic rings. The van der Waals surface area contributed by atoms with E-state index in [9.17, 15) is 19.5 Å². The Bertz CT molecular complexity index is 980. The third-order valence-electron chi connectivity index (χ3n) is 3.61. The van der Waals surface area contributed by atoms with Gasteiger partial charge in [-0.05, 0) is 38.0 Å². The number of aryl methyl sites for hydroxylation is 1. The second-order valence-electron chi connectivity index (χ2n) is 5.59. The van der Waals surface area contributed by atoms with Gasteiger partial charge in [-0.3, -0.25) is 14.6 Å². The number of H-pyrrole nitrogens is 2. The molecule has 0 saturated carbocycles. The lowest BCUT2D eigenvalue weighted by Crippen LogP contribution is -2.28. The molecule has 1 aromatic carbocycles. The third-order valence-corrected chi connectivity index (χ3v) is 3.90. The number of nitrogens with zero attached hydrogens (tertiary/aromatic N) is 1. The van der Waals surface area contributed by atoms with Gasteiger partial charge >= 0.3 is 5.69 Å². The summed E-state index contributed by atoms with van der Waals surface area (Å²) in [5.41, 5.74) is 2.50. The van der Waals surface area contributed by atoms with Crippen LogP contribution in [0.25, 0.3) is 0 Å². The largest absolute Gasteiger partial charge is 0.503 e. The van der Waals surface area contributed by atoms with E-state index in [4.69, 9.17) is 16.3 Å². The number of carbonyl (C=O) groups excluding carboxylic acids is 1. The summed E-state index contributed by atoms with van der Waals surface area (Å²) in [7, 11) is 0. The van der Waals surface area contributed by atoms with Gasteiger partial charge < -0.3 is 14.8 Å². The Morgan fingerprint density at radius 3 is 2.78 bits per heavy atom. The normalized spacial score (nSPS) is 10.9. The van der Waals surface area contributed by atoms with E-state index in [0.29, 0.717) is 23.4 Å². The van der Waals surface area contributed by atoms with Crippen molar-refractivity contribution in [1.29, 1.82) is 0 Å². The molecule has 1 amide bonds. The van der Waals surface area contributed by atoms with Crippen LogP contribution in [0.4, 0.5) is 0 Å². The Balaban J connectivity index is 1.98. The Labute approximate surface area is 159 Å². The van der Waals surface area contributed by atoms with Gasteiger partial charge in [0.1, 0.15) is 0 Å². The summed E-state index contributed by atoms with van der Waals surface area (Å²) in [5, 5.41) is 13.7. The minimum absolute atomic E-state index is 0.00777. The van der Waals surface area contributed by atoms with Crippen LogP contribution in [-0.2, 0) is 11.2 Å². The zero-order valence-electron chi connectivity index (χ0n) is 14.8. The Hall–Kier alpha value is -3.07.